The van der Waals surface area contributed by atoms with Crippen molar-refractivity contribution in [2.24, 2.45) is 11.3 Å². The summed E-state index contributed by atoms with van der Waals surface area (Å²) in [4.78, 5) is 21.7. The molecule has 0 bridgehead atoms. The Morgan fingerprint density at radius 3 is 2.44 bits per heavy atom. The fourth-order valence-corrected chi connectivity index (χ4v) is 3.35. The summed E-state index contributed by atoms with van der Waals surface area (Å²) in [6.07, 6.45) is 2.50. The number of carbonyl (C=O) groups is 1. The highest BCUT2D eigenvalue weighted by Gasteiger charge is 2.24. The summed E-state index contributed by atoms with van der Waals surface area (Å²) in [6.45, 7) is 14.6. The third-order valence-corrected chi connectivity index (χ3v) is 5.61. The number of nitrogens with one attached hydrogen (secondary N) is 1. The van der Waals surface area contributed by atoms with Gasteiger partial charge in [0.05, 0.1) is 24.9 Å². The van der Waals surface area contributed by atoms with Crippen LogP contribution in [0.4, 0.5) is 0 Å². The van der Waals surface area contributed by atoms with E-state index in [9.17, 15) is 13.2 Å². The Balaban J connectivity index is 3.86. The lowest BCUT2D eigenvalue weighted by atomic mass is 9.81. The van der Waals surface area contributed by atoms with Gasteiger partial charge in [-0.15, -0.1) is 0 Å². The van der Waals surface area contributed by atoms with Crippen LogP contribution in [-0.2, 0) is 29.3 Å². The van der Waals surface area contributed by atoms with Crippen molar-refractivity contribution >= 4 is 16.0 Å². The maximum absolute atomic E-state index is 12.0. The molecule has 1 unspecified atom stereocenters. The van der Waals surface area contributed by atoms with Crippen molar-refractivity contribution in [3.8, 4) is 0 Å². The van der Waals surface area contributed by atoms with E-state index in [-0.39, 0.29) is 42.6 Å². The van der Waals surface area contributed by atoms with Crippen LogP contribution < -0.4 is 4.72 Å². The molecule has 0 rings (SSSR count). The first-order chi connectivity index (χ1) is 12.5. The molecule has 1 atom stereocenters. The van der Waals surface area contributed by atoms with E-state index < -0.39 is 10.0 Å². The first-order valence-electron chi connectivity index (χ1n) is 9.52. The predicted octanol–water partition coefficient (Wildman–Crippen LogP) is 3.22. The molecular formula is C19H37NO6S. The fraction of sp³-hybridized carbons (Fsp3) is 0.842. The van der Waals surface area contributed by atoms with Gasteiger partial charge in [-0.05, 0) is 31.6 Å². The number of ether oxygens (including phenoxy) is 1. The molecule has 0 saturated carbocycles. The zero-order chi connectivity index (χ0) is 20.9. The molecule has 0 heterocycles. The lowest BCUT2D eigenvalue weighted by Gasteiger charge is -2.25. The second-order valence-corrected chi connectivity index (χ2v) is 9.68. The number of carbonyl (C=O) groups excluding carboxylic acids is 1. The number of sulfonamides is 1. The Kier molecular flexibility index (Phi) is 12.8. The quantitative estimate of drug-likeness (QED) is 0.139. The maximum Gasteiger partial charge on any atom is 0.308 e. The Hall–Kier alpha value is -0.960. The standard InChI is InChI=1S/C19H37NO6S/c1-7-19(5,6)14-17(4)18(21)24-11-9-13-27(22,23)20-10-8-12-25-26-15-16(2)3/h17,20H,2,7-15H2,1,3-6H3. The number of hydrogen-bond acceptors (Lipinski definition) is 6. The van der Waals surface area contributed by atoms with Gasteiger partial charge in [0, 0.05) is 6.54 Å². The molecule has 0 spiro atoms. The van der Waals surface area contributed by atoms with E-state index in [4.69, 9.17) is 14.5 Å². The number of esters is 1. The van der Waals surface area contributed by atoms with Crippen molar-refractivity contribution < 1.29 is 27.7 Å². The van der Waals surface area contributed by atoms with Crippen LogP contribution in [0.25, 0.3) is 0 Å². The summed E-state index contributed by atoms with van der Waals surface area (Å²) < 4.78 is 31.4. The van der Waals surface area contributed by atoms with Gasteiger partial charge in [-0.1, -0.05) is 46.3 Å². The smallest absolute Gasteiger partial charge is 0.308 e. The number of hydrogen-bond donors (Lipinski definition) is 1. The lowest BCUT2D eigenvalue weighted by molar-refractivity contribution is -0.287. The Morgan fingerprint density at radius 2 is 1.85 bits per heavy atom. The zero-order valence-electron chi connectivity index (χ0n) is 17.5. The molecule has 0 aromatic rings. The highest BCUT2D eigenvalue weighted by molar-refractivity contribution is 7.89. The van der Waals surface area contributed by atoms with Crippen molar-refractivity contribution in [3.05, 3.63) is 12.2 Å². The van der Waals surface area contributed by atoms with Crippen molar-refractivity contribution in [2.75, 3.05) is 32.1 Å². The average Bonchev–Trinajstić information content (AvgIpc) is 2.57. The second kappa shape index (κ2) is 13.3. The minimum absolute atomic E-state index is 0.0812. The van der Waals surface area contributed by atoms with Crippen molar-refractivity contribution in [3.63, 3.8) is 0 Å². The lowest BCUT2D eigenvalue weighted by Crippen LogP contribution is -2.29. The number of rotatable bonds is 16. The van der Waals surface area contributed by atoms with Crippen LogP contribution >= 0.6 is 0 Å². The molecule has 0 aromatic carbocycles. The molecule has 1 N–H and O–H groups in total. The van der Waals surface area contributed by atoms with Crippen LogP contribution in [0.15, 0.2) is 12.2 Å². The molecule has 0 aliphatic heterocycles. The molecule has 27 heavy (non-hydrogen) atoms. The van der Waals surface area contributed by atoms with E-state index >= 15 is 0 Å². The maximum atomic E-state index is 12.0. The van der Waals surface area contributed by atoms with Gasteiger partial charge in [-0.25, -0.2) is 22.9 Å². The van der Waals surface area contributed by atoms with Crippen LogP contribution in [0.1, 0.15) is 60.3 Å². The molecule has 7 nitrogen and oxygen atoms in total. The summed E-state index contributed by atoms with van der Waals surface area (Å²) in [7, 11) is -3.39. The largest absolute Gasteiger partial charge is 0.465 e. The minimum atomic E-state index is -3.39. The Bertz CT molecular complexity index is 544. The van der Waals surface area contributed by atoms with Gasteiger partial charge in [0.25, 0.3) is 0 Å². The van der Waals surface area contributed by atoms with Gasteiger partial charge >= 0.3 is 5.97 Å². The normalized spacial score (nSPS) is 13.4. The molecule has 0 fully saturated rings. The van der Waals surface area contributed by atoms with E-state index in [1.807, 2.05) is 13.8 Å². The average molecular weight is 408 g/mol. The molecule has 8 heteroatoms. The first-order valence-corrected chi connectivity index (χ1v) is 11.2. The van der Waals surface area contributed by atoms with Crippen molar-refractivity contribution in [2.45, 2.75) is 60.3 Å². The first kappa shape index (κ1) is 26.0. The van der Waals surface area contributed by atoms with E-state index in [1.54, 1.807) is 0 Å². The summed E-state index contributed by atoms with van der Waals surface area (Å²) in [5.74, 6) is -0.544. The molecule has 0 aromatic heterocycles. The zero-order valence-corrected chi connectivity index (χ0v) is 18.3. The predicted molar refractivity (Wildman–Crippen MR) is 107 cm³/mol. The van der Waals surface area contributed by atoms with Crippen LogP contribution in [0.3, 0.4) is 0 Å². The molecule has 160 valence electrons. The molecule has 0 saturated heterocycles. The van der Waals surface area contributed by atoms with E-state index in [1.165, 1.54) is 0 Å². The van der Waals surface area contributed by atoms with Gasteiger partial charge < -0.3 is 4.74 Å². The highest BCUT2D eigenvalue weighted by atomic mass is 32.2. The van der Waals surface area contributed by atoms with Crippen LogP contribution in [0.2, 0.25) is 0 Å². The monoisotopic (exact) mass is 407 g/mol. The van der Waals surface area contributed by atoms with Crippen LogP contribution in [0.5, 0.6) is 0 Å². The fourth-order valence-electron chi connectivity index (χ4n) is 2.25. The van der Waals surface area contributed by atoms with E-state index in [2.05, 4.69) is 32.1 Å². The summed E-state index contributed by atoms with van der Waals surface area (Å²) in [5, 5.41) is 0. The Morgan fingerprint density at radius 1 is 1.19 bits per heavy atom. The molecule has 0 radical (unpaired) electrons. The topological polar surface area (TPSA) is 90.9 Å². The van der Waals surface area contributed by atoms with Gasteiger partial charge in [0.2, 0.25) is 10.0 Å². The minimum Gasteiger partial charge on any atom is -0.465 e. The molecule has 0 aliphatic carbocycles. The van der Waals surface area contributed by atoms with Crippen molar-refractivity contribution in [1.29, 1.82) is 0 Å². The van der Waals surface area contributed by atoms with Gasteiger partial charge in [0.1, 0.15) is 6.61 Å². The molecule has 0 amide bonds. The third-order valence-electron chi connectivity index (χ3n) is 4.14. The van der Waals surface area contributed by atoms with E-state index in [0.29, 0.717) is 19.6 Å². The van der Waals surface area contributed by atoms with Crippen molar-refractivity contribution in [1.82, 2.24) is 4.72 Å². The molecule has 0 aliphatic rings. The Labute approximate surface area is 164 Å². The SMILES string of the molecule is C=C(C)COOCCCNS(=O)(=O)CCCOC(=O)C(C)CC(C)(C)CC. The van der Waals surface area contributed by atoms with E-state index in [0.717, 1.165) is 18.4 Å². The molecular weight excluding hydrogens is 370 g/mol. The summed E-state index contributed by atoms with van der Waals surface area (Å²) >= 11 is 0. The summed E-state index contributed by atoms with van der Waals surface area (Å²) in [5.41, 5.74) is 0.935. The van der Waals surface area contributed by atoms with Gasteiger partial charge in [-0.2, -0.15) is 0 Å². The van der Waals surface area contributed by atoms with Crippen LogP contribution in [0, 0.1) is 11.3 Å². The summed E-state index contributed by atoms with van der Waals surface area (Å²) in [6, 6.07) is 0. The van der Waals surface area contributed by atoms with Gasteiger partial charge in [-0.3, -0.25) is 4.79 Å². The second-order valence-electron chi connectivity index (χ2n) is 7.75. The highest BCUT2D eigenvalue weighted by Crippen LogP contribution is 2.29. The third kappa shape index (κ3) is 14.7. The van der Waals surface area contributed by atoms with Crippen LogP contribution in [-0.4, -0.2) is 46.5 Å². The van der Waals surface area contributed by atoms with Gasteiger partial charge in [0.15, 0.2) is 0 Å².